The highest BCUT2D eigenvalue weighted by Crippen LogP contribution is 2.20. The van der Waals surface area contributed by atoms with Crippen molar-refractivity contribution in [3.63, 3.8) is 0 Å². The lowest BCUT2D eigenvalue weighted by Crippen LogP contribution is -2.50. The fourth-order valence-corrected chi connectivity index (χ4v) is 3.42. The number of benzene rings is 1. The van der Waals surface area contributed by atoms with E-state index in [4.69, 9.17) is 10.2 Å². The molecule has 3 N–H and O–H groups in total. The molecule has 110 valence electrons. The van der Waals surface area contributed by atoms with Crippen LogP contribution < -0.4 is 4.72 Å². The Bertz CT molecular complexity index is 602. The first kappa shape index (κ1) is 14.9. The van der Waals surface area contributed by atoms with Crippen LogP contribution in [0.1, 0.15) is 11.1 Å². The fourth-order valence-electron chi connectivity index (χ4n) is 2.10. The predicted octanol–water partition coefficient (Wildman–Crippen LogP) is -0.675. The van der Waals surface area contributed by atoms with Crippen molar-refractivity contribution in [2.45, 2.75) is 19.0 Å². The van der Waals surface area contributed by atoms with E-state index >= 15 is 0 Å². The number of carboxylic acid groups (broad SMARTS) is 1. The van der Waals surface area contributed by atoms with Crippen molar-refractivity contribution >= 4 is 16.2 Å². The molecule has 0 bridgehead atoms. The van der Waals surface area contributed by atoms with E-state index in [0.717, 1.165) is 11.1 Å². The van der Waals surface area contributed by atoms with Crippen molar-refractivity contribution in [3.05, 3.63) is 35.4 Å². The molecule has 0 aliphatic carbocycles. The lowest BCUT2D eigenvalue weighted by molar-refractivity contribution is -0.139. The van der Waals surface area contributed by atoms with E-state index in [1.54, 1.807) is 0 Å². The van der Waals surface area contributed by atoms with Crippen LogP contribution in [-0.2, 0) is 28.0 Å². The van der Waals surface area contributed by atoms with Crippen LogP contribution in [0.4, 0.5) is 0 Å². The van der Waals surface area contributed by atoms with Gasteiger partial charge in [-0.2, -0.15) is 17.4 Å². The number of carboxylic acids is 1. The minimum absolute atomic E-state index is 0.198. The molecule has 1 unspecified atom stereocenters. The summed E-state index contributed by atoms with van der Waals surface area (Å²) in [7, 11) is -3.94. The molecule has 1 aliphatic heterocycles. The molecule has 1 aromatic carbocycles. The average Bonchev–Trinajstić information content (AvgIpc) is 2.44. The Morgan fingerprint density at radius 1 is 1.35 bits per heavy atom. The molecule has 7 nitrogen and oxygen atoms in total. The van der Waals surface area contributed by atoms with Gasteiger partial charge in [-0.15, -0.1) is 0 Å². The highest BCUT2D eigenvalue weighted by Gasteiger charge is 2.30. The van der Waals surface area contributed by atoms with E-state index < -0.39 is 28.8 Å². The second-order valence-electron chi connectivity index (χ2n) is 4.55. The average molecular weight is 300 g/mol. The maximum absolute atomic E-state index is 12.1. The number of aliphatic hydroxyl groups excluding tert-OH is 1. The Morgan fingerprint density at radius 2 is 2.00 bits per heavy atom. The summed E-state index contributed by atoms with van der Waals surface area (Å²) in [5.41, 5.74) is 2.00. The molecule has 8 heteroatoms. The van der Waals surface area contributed by atoms with Gasteiger partial charge >= 0.3 is 5.97 Å². The molecule has 0 saturated heterocycles. The van der Waals surface area contributed by atoms with Crippen molar-refractivity contribution in [1.29, 1.82) is 0 Å². The lowest BCUT2D eigenvalue weighted by atomic mass is 10.0. The lowest BCUT2D eigenvalue weighted by Gasteiger charge is -2.28. The summed E-state index contributed by atoms with van der Waals surface area (Å²) in [6.45, 7) is -0.313. The number of aliphatic hydroxyl groups is 1. The Kier molecular flexibility index (Phi) is 4.39. The molecule has 0 fully saturated rings. The summed E-state index contributed by atoms with van der Waals surface area (Å²) in [4.78, 5) is 10.8. The minimum Gasteiger partial charge on any atom is -0.480 e. The maximum Gasteiger partial charge on any atom is 0.324 e. The third kappa shape index (κ3) is 3.15. The molecule has 20 heavy (non-hydrogen) atoms. The summed E-state index contributed by atoms with van der Waals surface area (Å²) in [5, 5.41) is 17.7. The molecule has 0 spiro atoms. The van der Waals surface area contributed by atoms with Gasteiger partial charge in [0.1, 0.15) is 6.04 Å². The molecular weight excluding hydrogens is 284 g/mol. The minimum atomic E-state index is -3.94. The van der Waals surface area contributed by atoms with Gasteiger partial charge in [-0.3, -0.25) is 4.79 Å². The van der Waals surface area contributed by atoms with E-state index in [1.807, 2.05) is 29.0 Å². The van der Waals surface area contributed by atoms with Crippen molar-refractivity contribution in [2.24, 2.45) is 0 Å². The fraction of sp³-hybridized carbons (Fsp3) is 0.417. The number of nitrogens with zero attached hydrogens (tertiary/aromatic N) is 1. The van der Waals surface area contributed by atoms with Gasteiger partial charge in [0.15, 0.2) is 0 Å². The van der Waals surface area contributed by atoms with Crippen LogP contribution in [0.3, 0.4) is 0 Å². The zero-order chi connectivity index (χ0) is 14.8. The smallest absolute Gasteiger partial charge is 0.324 e. The Morgan fingerprint density at radius 3 is 2.60 bits per heavy atom. The molecule has 1 atom stereocenters. The first-order valence-electron chi connectivity index (χ1n) is 6.12. The van der Waals surface area contributed by atoms with E-state index in [0.29, 0.717) is 6.42 Å². The van der Waals surface area contributed by atoms with Crippen molar-refractivity contribution < 1.29 is 23.4 Å². The number of fused-ring (bicyclic) bond motifs is 1. The zero-order valence-corrected chi connectivity index (χ0v) is 11.5. The van der Waals surface area contributed by atoms with Gasteiger partial charge in [-0.25, -0.2) is 0 Å². The van der Waals surface area contributed by atoms with E-state index in [2.05, 4.69) is 0 Å². The van der Waals surface area contributed by atoms with Crippen LogP contribution in [0.15, 0.2) is 24.3 Å². The molecule has 0 radical (unpaired) electrons. The number of nitrogens with one attached hydrogen (secondary N) is 1. The number of hydrogen-bond donors (Lipinski definition) is 3. The number of hydrogen-bond acceptors (Lipinski definition) is 4. The standard InChI is InChI=1S/C12H16N2O5S/c15-8-11(12(16)17)13-20(18,19)14-6-5-9-3-1-2-4-10(9)7-14/h1-4,11,13,15H,5-8H2,(H,16,17). The molecule has 1 heterocycles. The summed E-state index contributed by atoms with van der Waals surface area (Å²) in [5.74, 6) is -1.41. The van der Waals surface area contributed by atoms with Gasteiger partial charge in [0.2, 0.25) is 0 Å². The van der Waals surface area contributed by atoms with Crippen molar-refractivity contribution in [2.75, 3.05) is 13.2 Å². The van der Waals surface area contributed by atoms with Crippen molar-refractivity contribution in [1.82, 2.24) is 9.03 Å². The highest BCUT2D eigenvalue weighted by molar-refractivity contribution is 7.87. The predicted molar refractivity (Wildman–Crippen MR) is 71.1 cm³/mol. The van der Waals surface area contributed by atoms with Crippen LogP contribution in [-0.4, -0.2) is 48.1 Å². The summed E-state index contributed by atoms with van der Waals surface area (Å²) in [6, 6.07) is 5.99. The first-order chi connectivity index (χ1) is 9.44. The SMILES string of the molecule is O=C(O)C(CO)NS(=O)(=O)N1CCc2ccccc2C1. The molecule has 0 aromatic heterocycles. The van der Waals surface area contributed by atoms with E-state index in [-0.39, 0.29) is 13.1 Å². The van der Waals surface area contributed by atoms with Gasteiger partial charge < -0.3 is 10.2 Å². The van der Waals surface area contributed by atoms with Crippen LogP contribution in [0.2, 0.25) is 0 Å². The zero-order valence-electron chi connectivity index (χ0n) is 10.7. The Labute approximate surface area is 117 Å². The Hall–Kier alpha value is -1.48. The molecular formula is C12H16N2O5S. The molecule has 0 amide bonds. The van der Waals surface area contributed by atoms with E-state index in [9.17, 15) is 13.2 Å². The quantitative estimate of drug-likeness (QED) is 0.668. The number of rotatable bonds is 5. The third-order valence-electron chi connectivity index (χ3n) is 3.21. The molecule has 2 rings (SSSR count). The van der Waals surface area contributed by atoms with Crippen LogP contribution in [0, 0.1) is 0 Å². The monoisotopic (exact) mass is 300 g/mol. The number of aliphatic carboxylic acids is 1. The Balaban J connectivity index is 2.14. The normalized spacial score (nSPS) is 17.4. The molecule has 1 aliphatic rings. The number of carbonyl (C=O) groups is 1. The maximum atomic E-state index is 12.1. The summed E-state index contributed by atoms with van der Waals surface area (Å²) < 4.78 is 27.4. The highest BCUT2D eigenvalue weighted by atomic mass is 32.2. The van der Waals surface area contributed by atoms with Gasteiger partial charge in [-0.1, -0.05) is 24.3 Å². The first-order valence-corrected chi connectivity index (χ1v) is 7.56. The van der Waals surface area contributed by atoms with Crippen molar-refractivity contribution in [3.8, 4) is 0 Å². The van der Waals surface area contributed by atoms with Crippen LogP contribution in [0.25, 0.3) is 0 Å². The van der Waals surface area contributed by atoms with Gasteiger partial charge in [0.05, 0.1) is 6.61 Å². The summed E-state index contributed by atoms with van der Waals surface area (Å²) in [6.07, 6.45) is 0.577. The molecule has 1 aromatic rings. The van der Waals surface area contributed by atoms with Crippen LogP contribution in [0.5, 0.6) is 0 Å². The van der Waals surface area contributed by atoms with Gasteiger partial charge in [0, 0.05) is 13.1 Å². The summed E-state index contributed by atoms with van der Waals surface area (Å²) >= 11 is 0. The third-order valence-corrected chi connectivity index (χ3v) is 4.78. The van der Waals surface area contributed by atoms with E-state index in [1.165, 1.54) is 4.31 Å². The van der Waals surface area contributed by atoms with Gasteiger partial charge in [0.25, 0.3) is 10.2 Å². The second-order valence-corrected chi connectivity index (χ2v) is 6.25. The largest absolute Gasteiger partial charge is 0.480 e. The van der Waals surface area contributed by atoms with Crippen LogP contribution >= 0.6 is 0 Å². The second kappa shape index (κ2) is 5.88. The van der Waals surface area contributed by atoms with Gasteiger partial charge in [-0.05, 0) is 17.5 Å². The molecule has 0 saturated carbocycles. The topological polar surface area (TPSA) is 107 Å².